The molecule has 118 valence electrons. The number of rotatable bonds is 5. The first-order chi connectivity index (χ1) is 9.96. The topological polar surface area (TPSA) is 81.4 Å². The molecule has 0 bridgehead atoms. The number of anilines is 1. The molecule has 0 amide bonds. The second-order valence-electron chi connectivity index (χ2n) is 5.65. The summed E-state index contributed by atoms with van der Waals surface area (Å²) in [4.78, 5) is 0.200. The maximum atomic E-state index is 12.4. The molecule has 0 atom stereocenters. The predicted molar refractivity (Wildman–Crippen MR) is 83.8 cm³/mol. The molecule has 1 fully saturated rings. The maximum absolute atomic E-state index is 12.4. The third-order valence-corrected chi connectivity index (χ3v) is 5.78. The summed E-state index contributed by atoms with van der Waals surface area (Å²) in [6.45, 7) is 2.19. The molecule has 1 aliphatic carbocycles. The van der Waals surface area contributed by atoms with Gasteiger partial charge < -0.3 is 10.5 Å². The van der Waals surface area contributed by atoms with Crippen molar-refractivity contribution in [1.82, 2.24) is 4.72 Å². The largest absolute Gasteiger partial charge is 0.495 e. The molecule has 0 unspecified atom stereocenters. The van der Waals surface area contributed by atoms with Gasteiger partial charge in [-0.1, -0.05) is 13.3 Å². The number of nitrogens with one attached hydrogen (secondary N) is 1. The van der Waals surface area contributed by atoms with E-state index in [9.17, 15) is 8.42 Å². The Labute approximate surface area is 126 Å². The summed E-state index contributed by atoms with van der Waals surface area (Å²) >= 11 is 0. The van der Waals surface area contributed by atoms with Gasteiger partial charge in [0, 0.05) is 12.1 Å². The third-order valence-electron chi connectivity index (χ3n) is 4.26. The fraction of sp³-hybridized carbons (Fsp3) is 0.600. The summed E-state index contributed by atoms with van der Waals surface area (Å²) < 4.78 is 32.7. The van der Waals surface area contributed by atoms with Gasteiger partial charge in [-0.2, -0.15) is 0 Å². The van der Waals surface area contributed by atoms with Crippen molar-refractivity contribution in [2.75, 3.05) is 12.8 Å². The Bertz CT molecular complexity index is 579. The number of nitrogen functional groups attached to an aromatic ring is 1. The maximum Gasteiger partial charge on any atom is 0.240 e. The van der Waals surface area contributed by atoms with Crippen LogP contribution in [0.5, 0.6) is 5.75 Å². The minimum Gasteiger partial charge on any atom is -0.495 e. The first-order valence-electron chi connectivity index (χ1n) is 7.42. The third kappa shape index (κ3) is 3.89. The lowest BCUT2D eigenvalue weighted by Crippen LogP contribution is -2.37. The van der Waals surface area contributed by atoms with E-state index in [1.165, 1.54) is 25.7 Å². The fourth-order valence-corrected chi connectivity index (χ4v) is 4.15. The molecule has 1 aliphatic rings. The standard InChI is InChI=1S/C15H24N2O3S/c1-3-11-4-6-12(7-5-11)17-21(18,19)13-8-9-14(16)15(10-13)20-2/h8-12,17H,3-7,16H2,1-2H3. The predicted octanol–water partition coefficient (Wildman–Crippen LogP) is 2.52. The van der Waals surface area contributed by atoms with Gasteiger partial charge in [0.1, 0.15) is 5.75 Å². The van der Waals surface area contributed by atoms with Gasteiger partial charge >= 0.3 is 0 Å². The zero-order chi connectivity index (χ0) is 15.5. The van der Waals surface area contributed by atoms with Crippen molar-refractivity contribution in [3.05, 3.63) is 18.2 Å². The van der Waals surface area contributed by atoms with E-state index in [0.29, 0.717) is 11.4 Å². The summed E-state index contributed by atoms with van der Waals surface area (Å²) in [5, 5.41) is 0. The molecule has 0 radical (unpaired) electrons. The van der Waals surface area contributed by atoms with Crippen LogP contribution in [0.25, 0.3) is 0 Å². The molecule has 1 saturated carbocycles. The molecule has 6 heteroatoms. The second kappa shape index (κ2) is 6.66. The first kappa shape index (κ1) is 16.1. The second-order valence-corrected chi connectivity index (χ2v) is 7.36. The van der Waals surface area contributed by atoms with Crippen molar-refractivity contribution in [3.8, 4) is 5.75 Å². The van der Waals surface area contributed by atoms with Crippen LogP contribution in [0.3, 0.4) is 0 Å². The molecule has 2 rings (SSSR count). The van der Waals surface area contributed by atoms with E-state index in [4.69, 9.17) is 10.5 Å². The molecule has 1 aromatic rings. The summed E-state index contributed by atoms with van der Waals surface area (Å²) in [7, 11) is -2.05. The Balaban J connectivity index is 2.08. The van der Waals surface area contributed by atoms with Gasteiger partial charge in [-0.3, -0.25) is 0 Å². The van der Waals surface area contributed by atoms with Crippen LogP contribution in [0.15, 0.2) is 23.1 Å². The van der Waals surface area contributed by atoms with E-state index in [0.717, 1.165) is 31.6 Å². The van der Waals surface area contributed by atoms with Crippen molar-refractivity contribution in [2.45, 2.75) is 50.0 Å². The molecule has 0 aromatic heterocycles. The van der Waals surface area contributed by atoms with Crippen molar-refractivity contribution in [1.29, 1.82) is 0 Å². The van der Waals surface area contributed by atoms with Crippen molar-refractivity contribution in [3.63, 3.8) is 0 Å². The monoisotopic (exact) mass is 312 g/mol. The van der Waals surface area contributed by atoms with Crippen LogP contribution in [0, 0.1) is 5.92 Å². The van der Waals surface area contributed by atoms with E-state index in [2.05, 4.69) is 11.6 Å². The molecule has 0 saturated heterocycles. The summed E-state index contributed by atoms with van der Waals surface area (Å²) in [5.74, 6) is 1.12. The average Bonchev–Trinajstić information content (AvgIpc) is 2.48. The van der Waals surface area contributed by atoms with Gasteiger partial charge in [-0.15, -0.1) is 0 Å². The Morgan fingerprint density at radius 3 is 2.52 bits per heavy atom. The minimum atomic E-state index is -3.52. The van der Waals surface area contributed by atoms with E-state index in [1.54, 1.807) is 6.07 Å². The SMILES string of the molecule is CCC1CCC(NS(=O)(=O)c2ccc(N)c(OC)c2)CC1. The number of nitrogens with two attached hydrogens (primary N) is 1. The van der Waals surface area contributed by atoms with Crippen LogP contribution < -0.4 is 15.2 Å². The van der Waals surface area contributed by atoms with Crippen LogP contribution in [0.2, 0.25) is 0 Å². The average molecular weight is 312 g/mol. The molecule has 5 nitrogen and oxygen atoms in total. The highest BCUT2D eigenvalue weighted by Crippen LogP contribution is 2.29. The fourth-order valence-electron chi connectivity index (χ4n) is 2.83. The van der Waals surface area contributed by atoms with Crippen molar-refractivity contribution >= 4 is 15.7 Å². The van der Waals surface area contributed by atoms with E-state index in [-0.39, 0.29) is 10.9 Å². The van der Waals surface area contributed by atoms with E-state index < -0.39 is 10.0 Å². The lowest BCUT2D eigenvalue weighted by atomic mass is 9.85. The lowest BCUT2D eigenvalue weighted by molar-refractivity contribution is 0.306. The smallest absolute Gasteiger partial charge is 0.240 e. The quantitative estimate of drug-likeness (QED) is 0.819. The Morgan fingerprint density at radius 2 is 1.95 bits per heavy atom. The van der Waals surface area contributed by atoms with E-state index >= 15 is 0 Å². The highest BCUT2D eigenvalue weighted by molar-refractivity contribution is 7.89. The molecule has 0 aliphatic heterocycles. The van der Waals surface area contributed by atoms with Gasteiger partial charge in [0.2, 0.25) is 10.0 Å². The van der Waals surface area contributed by atoms with Gasteiger partial charge in [0.15, 0.2) is 0 Å². The number of hydrogen-bond donors (Lipinski definition) is 2. The zero-order valence-corrected chi connectivity index (χ0v) is 13.4. The number of methoxy groups -OCH3 is 1. The number of sulfonamides is 1. The molecular weight excluding hydrogens is 288 g/mol. The Hall–Kier alpha value is -1.27. The van der Waals surface area contributed by atoms with Crippen LogP contribution in [-0.4, -0.2) is 21.6 Å². The minimum absolute atomic E-state index is 0.0290. The number of ether oxygens (including phenoxy) is 1. The highest BCUT2D eigenvalue weighted by atomic mass is 32.2. The van der Waals surface area contributed by atoms with Crippen LogP contribution in [-0.2, 0) is 10.0 Å². The van der Waals surface area contributed by atoms with Crippen LogP contribution in [0.1, 0.15) is 39.0 Å². The molecule has 0 heterocycles. The van der Waals surface area contributed by atoms with Gasteiger partial charge in [-0.25, -0.2) is 13.1 Å². The molecular formula is C15H24N2O3S. The van der Waals surface area contributed by atoms with Gasteiger partial charge in [0.05, 0.1) is 17.7 Å². The molecule has 21 heavy (non-hydrogen) atoms. The summed E-state index contributed by atoms with van der Waals surface area (Å²) in [6, 6.07) is 4.57. The zero-order valence-electron chi connectivity index (χ0n) is 12.6. The van der Waals surface area contributed by atoms with Crippen molar-refractivity contribution in [2.24, 2.45) is 5.92 Å². The summed E-state index contributed by atoms with van der Waals surface area (Å²) in [6.07, 6.45) is 5.17. The number of hydrogen-bond acceptors (Lipinski definition) is 4. The Kier molecular flexibility index (Phi) is 5.11. The first-order valence-corrected chi connectivity index (χ1v) is 8.90. The molecule has 0 spiro atoms. The van der Waals surface area contributed by atoms with Crippen LogP contribution >= 0.6 is 0 Å². The van der Waals surface area contributed by atoms with Gasteiger partial charge in [-0.05, 0) is 43.7 Å². The molecule has 1 aromatic carbocycles. The van der Waals surface area contributed by atoms with E-state index in [1.807, 2.05) is 0 Å². The highest BCUT2D eigenvalue weighted by Gasteiger charge is 2.25. The van der Waals surface area contributed by atoms with Crippen LogP contribution in [0.4, 0.5) is 5.69 Å². The number of benzene rings is 1. The summed E-state index contributed by atoms with van der Waals surface area (Å²) in [5.41, 5.74) is 6.15. The van der Waals surface area contributed by atoms with Crippen molar-refractivity contribution < 1.29 is 13.2 Å². The normalized spacial score (nSPS) is 23.0. The molecule has 3 N–H and O–H groups in total. The van der Waals surface area contributed by atoms with Gasteiger partial charge in [0.25, 0.3) is 0 Å². The lowest BCUT2D eigenvalue weighted by Gasteiger charge is -2.28. The Morgan fingerprint density at radius 1 is 1.29 bits per heavy atom.